The Hall–Kier alpha value is -1.88. The summed E-state index contributed by atoms with van der Waals surface area (Å²) in [5.74, 6) is -2.33. The third kappa shape index (κ3) is 2.36. The molecule has 2 aromatic rings. The average Bonchev–Trinajstić information content (AvgIpc) is 2.30. The number of hydrogen-bond acceptors (Lipinski definition) is 2. The summed E-state index contributed by atoms with van der Waals surface area (Å²) in [5.41, 5.74) is 5.31. The van der Waals surface area contributed by atoms with Crippen LogP contribution in [0.4, 0.5) is 30.2 Å². The maximum absolute atomic E-state index is 13.4. The second kappa shape index (κ2) is 4.78. The van der Waals surface area contributed by atoms with Crippen molar-refractivity contribution in [2.45, 2.75) is 0 Å². The van der Waals surface area contributed by atoms with Crippen molar-refractivity contribution < 1.29 is 13.2 Å². The molecule has 18 heavy (non-hydrogen) atoms. The number of nitrogens with two attached hydrogens (primary N) is 1. The summed E-state index contributed by atoms with van der Waals surface area (Å²) >= 11 is 5.52. The number of halogens is 4. The fourth-order valence-electron chi connectivity index (χ4n) is 1.42. The second-order valence-corrected chi connectivity index (χ2v) is 3.98. The molecule has 0 aliphatic carbocycles. The summed E-state index contributed by atoms with van der Waals surface area (Å²) in [4.78, 5) is 0. The van der Waals surface area contributed by atoms with Gasteiger partial charge in [0.2, 0.25) is 0 Å². The van der Waals surface area contributed by atoms with Gasteiger partial charge in [0.15, 0.2) is 0 Å². The Kier molecular flexibility index (Phi) is 3.34. The Morgan fingerprint density at radius 3 is 2.22 bits per heavy atom. The first-order valence-corrected chi connectivity index (χ1v) is 5.32. The van der Waals surface area contributed by atoms with Gasteiger partial charge in [-0.15, -0.1) is 0 Å². The summed E-state index contributed by atoms with van der Waals surface area (Å²) in [6, 6.07) is 5.52. The highest BCUT2D eigenvalue weighted by atomic mass is 35.5. The van der Waals surface area contributed by atoms with E-state index in [1.807, 2.05) is 0 Å². The maximum atomic E-state index is 13.4. The highest BCUT2D eigenvalue weighted by molar-refractivity contribution is 6.31. The minimum absolute atomic E-state index is 0.0425. The van der Waals surface area contributed by atoms with Gasteiger partial charge in [0, 0.05) is 6.07 Å². The van der Waals surface area contributed by atoms with Crippen molar-refractivity contribution in [1.29, 1.82) is 0 Å². The maximum Gasteiger partial charge on any atom is 0.149 e. The topological polar surface area (TPSA) is 38.0 Å². The number of rotatable bonds is 2. The van der Waals surface area contributed by atoms with Crippen LogP contribution in [0.3, 0.4) is 0 Å². The SMILES string of the molecule is Nc1cc(Cl)c(F)cc1Nc1c(F)cccc1F. The number of para-hydroxylation sites is 1. The smallest absolute Gasteiger partial charge is 0.149 e. The van der Waals surface area contributed by atoms with Gasteiger partial charge in [-0.1, -0.05) is 17.7 Å². The largest absolute Gasteiger partial charge is 0.397 e. The van der Waals surface area contributed by atoms with Crippen LogP contribution in [-0.4, -0.2) is 0 Å². The molecule has 0 atom stereocenters. The van der Waals surface area contributed by atoms with Gasteiger partial charge in [-0.05, 0) is 18.2 Å². The molecule has 3 N–H and O–H groups in total. The van der Waals surface area contributed by atoms with Crippen molar-refractivity contribution in [3.8, 4) is 0 Å². The Balaban J connectivity index is 2.43. The third-order valence-electron chi connectivity index (χ3n) is 2.31. The van der Waals surface area contributed by atoms with E-state index in [0.29, 0.717) is 0 Å². The van der Waals surface area contributed by atoms with Gasteiger partial charge in [0.25, 0.3) is 0 Å². The van der Waals surface area contributed by atoms with E-state index in [2.05, 4.69) is 5.32 Å². The average molecular weight is 273 g/mol. The van der Waals surface area contributed by atoms with Gasteiger partial charge >= 0.3 is 0 Å². The Labute approximate surface area is 106 Å². The van der Waals surface area contributed by atoms with Crippen molar-refractivity contribution in [1.82, 2.24) is 0 Å². The van der Waals surface area contributed by atoms with E-state index >= 15 is 0 Å². The number of nitrogens with one attached hydrogen (secondary N) is 1. The van der Waals surface area contributed by atoms with Crippen molar-refractivity contribution in [3.05, 3.63) is 52.8 Å². The van der Waals surface area contributed by atoms with Gasteiger partial charge in [-0.2, -0.15) is 0 Å². The van der Waals surface area contributed by atoms with Gasteiger partial charge in [0.05, 0.1) is 16.4 Å². The quantitative estimate of drug-likeness (QED) is 0.808. The van der Waals surface area contributed by atoms with Crippen LogP contribution in [0.1, 0.15) is 0 Å². The first kappa shape index (κ1) is 12.6. The molecule has 94 valence electrons. The molecule has 2 aromatic carbocycles. The van der Waals surface area contributed by atoms with Crippen LogP contribution in [0.5, 0.6) is 0 Å². The predicted molar refractivity (Wildman–Crippen MR) is 65.5 cm³/mol. The van der Waals surface area contributed by atoms with Crippen LogP contribution in [-0.2, 0) is 0 Å². The highest BCUT2D eigenvalue weighted by Crippen LogP contribution is 2.30. The molecule has 6 heteroatoms. The lowest BCUT2D eigenvalue weighted by Crippen LogP contribution is -2.01. The molecule has 0 bridgehead atoms. The van der Waals surface area contributed by atoms with Gasteiger partial charge in [0.1, 0.15) is 23.1 Å². The molecule has 2 rings (SSSR count). The lowest BCUT2D eigenvalue weighted by molar-refractivity contribution is 0.590. The normalized spacial score (nSPS) is 10.4. The zero-order valence-corrected chi connectivity index (χ0v) is 9.73. The monoisotopic (exact) mass is 272 g/mol. The first-order valence-electron chi connectivity index (χ1n) is 4.94. The van der Waals surface area contributed by atoms with Gasteiger partial charge in [-0.3, -0.25) is 0 Å². The number of benzene rings is 2. The second-order valence-electron chi connectivity index (χ2n) is 3.58. The Morgan fingerprint density at radius 1 is 1.00 bits per heavy atom. The number of anilines is 3. The van der Waals surface area contributed by atoms with E-state index in [1.165, 1.54) is 6.07 Å². The van der Waals surface area contributed by atoms with E-state index in [9.17, 15) is 13.2 Å². The Morgan fingerprint density at radius 2 is 1.61 bits per heavy atom. The molecule has 0 aliphatic rings. The first-order chi connectivity index (χ1) is 8.49. The molecule has 0 radical (unpaired) electrons. The van der Waals surface area contributed by atoms with Crippen molar-refractivity contribution in [2.24, 2.45) is 0 Å². The van der Waals surface area contributed by atoms with E-state index in [1.54, 1.807) is 0 Å². The summed E-state index contributed by atoms with van der Waals surface area (Å²) in [6.45, 7) is 0. The molecule has 0 heterocycles. The van der Waals surface area contributed by atoms with Crippen LogP contribution >= 0.6 is 11.6 Å². The predicted octanol–water partition coefficient (Wildman–Crippen LogP) is 4.08. The molecule has 0 aromatic heterocycles. The molecule has 0 spiro atoms. The molecule has 0 aliphatic heterocycles. The van der Waals surface area contributed by atoms with E-state index in [-0.39, 0.29) is 16.4 Å². The fourth-order valence-corrected chi connectivity index (χ4v) is 1.59. The van der Waals surface area contributed by atoms with Crippen molar-refractivity contribution in [3.63, 3.8) is 0 Å². The van der Waals surface area contributed by atoms with Crippen LogP contribution in [0.2, 0.25) is 5.02 Å². The molecule has 0 amide bonds. The summed E-state index contributed by atoms with van der Waals surface area (Å²) in [5, 5.41) is 2.24. The minimum atomic E-state index is -0.801. The molecule has 0 fully saturated rings. The summed E-state index contributed by atoms with van der Waals surface area (Å²) in [6.07, 6.45) is 0. The zero-order valence-electron chi connectivity index (χ0n) is 8.98. The molecule has 0 unspecified atom stereocenters. The molecule has 0 saturated heterocycles. The summed E-state index contributed by atoms with van der Waals surface area (Å²) in [7, 11) is 0. The zero-order chi connectivity index (χ0) is 13.3. The molecular formula is C12H8ClF3N2. The Bertz CT molecular complexity index is 582. The van der Waals surface area contributed by atoms with Crippen LogP contribution in [0.25, 0.3) is 0 Å². The summed E-state index contributed by atoms with van der Waals surface area (Å²) < 4.78 is 40.0. The van der Waals surface area contributed by atoms with Gasteiger partial charge in [-0.25, -0.2) is 13.2 Å². The molecular weight excluding hydrogens is 265 g/mol. The van der Waals surface area contributed by atoms with Crippen LogP contribution in [0.15, 0.2) is 30.3 Å². The lowest BCUT2D eigenvalue weighted by atomic mass is 10.2. The number of nitrogen functional groups attached to an aromatic ring is 1. The van der Waals surface area contributed by atoms with E-state index < -0.39 is 23.1 Å². The third-order valence-corrected chi connectivity index (χ3v) is 2.60. The van der Waals surface area contributed by atoms with E-state index in [0.717, 1.165) is 24.3 Å². The highest BCUT2D eigenvalue weighted by Gasteiger charge is 2.12. The fraction of sp³-hybridized carbons (Fsp3) is 0. The standard InChI is InChI=1S/C12H8ClF3N2/c13-6-4-10(17)11(5-9(6)16)18-12-7(14)2-1-3-8(12)15/h1-5,18H,17H2. The molecule has 0 saturated carbocycles. The lowest BCUT2D eigenvalue weighted by Gasteiger charge is -2.11. The molecule has 2 nitrogen and oxygen atoms in total. The van der Waals surface area contributed by atoms with E-state index in [4.69, 9.17) is 17.3 Å². The number of hydrogen-bond donors (Lipinski definition) is 2. The van der Waals surface area contributed by atoms with Crippen molar-refractivity contribution >= 4 is 28.7 Å². The van der Waals surface area contributed by atoms with Crippen molar-refractivity contribution in [2.75, 3.05) is 11.1 Å². The van der Waals surface area contributed by atoms with Crippen LogP contribution < -0.4 is 11.1 Å². The minimum Gasteiger partial charge on any atom is -0.397 e. The van der Waals surface area contributed by atoms with Crippen LogP contribution in [0, 0.1) is 17.5 Å². The van der Waals surface area contributed by atoms with Gasteiger partial charge < -0.3 is 11.1 Å².